The number of hydrogen-bond donors (Lipinski definition) is 10. The van der Waals surface area contributed by atoms with E-state index in [-0.39, 0.29) is 80.6 Å². The van der Waals surface area contributed by atoms with E-state index in [1.165, 1.54) is 33.7 Å². The molecule has 0 aromatic heterocycles. The molecule has 26 nitrogen and oxygen atoms in total. The van der Waals surface area contributed by atoms with Crippen molar-refractivity contribution in [2.75, 3.05) is 64.3 Å². The fourth-order valence-corrected chi connectivity index (χ4v) is 22.2. The van der Waals surface area contributed by atoms with Gasteiger partial charge in [0.05, 0.1) is 23.0 Å². The van der Waals surface area contributed by atoms with E-state index in [4.69, 9.17) is 9.47 Å². The lowest BCUT2D eigenvalue weighted by molar-refractivity contribution is 0.0854. The van der Waals surface area contributed by atoms with Gasteiger partial charge in [0.1, 0.15) is 11.5 Å². The fraction of sp³-hybridized carbons (Fsp3) is 0.435. The van der Waals surface area contributed by atoms with Crippen LogP contribution in [0.2, 0.25) is 0 Å². The Morgan fingerprint density at radius 2 is 0.549 bits per heavy atom. The molecule has 8 bridgehead atoms. The molecule has 0 unspecified atom stereocenters. The molecule has 8 aromatic rings. The standard InChI is InChI=1S/C92H110N12O14S4/c1-103(2)81-37-21-27-71-69(81)25-23-39-83(71)121(113,114)93-41-17-5-7-19-43-117-65-49-57-45-58(50-65)86(106)96-74-30-10-14-34-78(74)100-90(110)62-47-61(89(109)99-77-33-13-9-29-73(77)95-85(57)105)53-67(54-62)119-120-68-55-63-48-64(56-68)92(112)102-80-36-16-12-32-76(80)98-88(108)60-46-59(87(107)97-75-31-11-15-35-79(75)101-91(63)111)51-66(52-60)118-44-20-8-6-18-42-94-122(115,116)84-40-24-26-70-72(84)28-22-38-82(70)104(3)4/h21-28,37-40,45-56,73-80,93-94H,5-20,29-36,41-44H2,1-4H3,(H,95,105)(H,96,106)(H,97,107)(H,98,108)(H,99,109)(H,100,110)(H,101,111)(H,102,112)/t73-,74-,75-,76-,77-,78-,79-,80-/m1/s1. The van der Waals surface area contributed by atoms with Crippen LogP contribution in [0.25, 0.3) is 21.5 Å². The van der Waals surface area contributed by atoms with E-state index in [2.05, 4.69) is 52.0 Å². The molecule has 6 aliphatic rings. The van der Waals surface area contributed by atoms with Crippen LogP contribution in [0.15, 0.2) is 165 Å². The van der Waals surface area contributed by atoms with Crippen molar-refractivity contribution in [3.05, 3.63) is 190 Å². The predicted octanol–water partition coefficient (Wildman–Crippen LogP) is 13.3. The monoisotopic (exact) mass is 1730 g/mol. The molecule has 10 N–H and O–H groups in total. The highest BCUT2D eigenvalue weighted by Crippen LogP contribution is 2.41. The van der Waals surface area contributed by atoms with Crippen LogP contribution < -0.4 is 71.3 Å². The maximum absolute atomic E-state index is 14.9. The summed E-state index contributed by atoms with van der Waals surface area (Å²) in [6.07, 6.45) is 15.7. The smallest absolute Gasteiger partial charge is 0.251 e. The van der Waals surface area contributed by atoms with E-state index in [1.54, 1.807) is 84.9 Å². The molecule has 0 radical (unpaired) electrons. The van der Waals surface area contributed by atoms with Gasteiger partial charge in [-0.2, -0.15) is 0 Å². The van der Waals surface area contributed by atoms with E-state index in [0.29, 0.717) is 122 Å². The number of benzene rings is 8. The first kappa shape index (κ1) is 88.1. The van der Waals surface area contributed by atoms with Gasteiger partial charge in [0.15, 0.2) is 0 Å². The van der Waals surface area contributed by atoms with Crippen molar-refractivity contribution in [2.45, 2.75) is 222 Å². The Kier molecular flexibility index (Phi) is 29.2. The number of amides is 8. The number of carbonyl (C=O) groups excluding carboxylic acids is 8. The third-order valence-corrected chi connectivity index (χ3v) is 29.5. The molecule has 0 spiro atoms. The number of carbonyl (C=O) groups is 8. The number of anilines is 2. The van der Waals surface area contributed by atoms with Crippen LogP contribution in [0, 0.1) is 0 Å². The Labute approximate surface area is 721 Å². The molecule has 4 aliphatic carbocycles. The second kappa shape index (κ2) is 40.4. The number of unbranched alkanes of at least 4 members (excludes halogenated alkanes) is 6. The van der Waals surface area contributed by atoms with Crippen molar-refractivity contribution in [2.24, 2.45) is 0 Å². The van der Waals surface area contributed by atoms with Gasteiger partial charge in [-0.05, 0) is 174 Å². The van der Waals surface area contributed by atoms with Crippen LogP contribution >= 0.6 is 21.6 Å². The van der Waals surface area contributed by atoms with E-state index >= 15 is 0 Å². The summed E-state index contributed by atoms with van der Waals surface area (Å²) in [5.74, 6) is -3.08. The molecule has 0 saturated heterocycles. The van der Waals surface area contributed by atoms with Crippen LogP contribution in [0.4, 0.5) is 11.4 Å². The van der Waals surface area contributed by atoms with Gasteiger partial charge in [-0.3, -0.25) is 38.4 Å². The van der Waals surface area contributed by atoms with Crippen molar-refractivity contribution in [1.29, 1.82) is 0 Å². The first-order valence-corrected chi connectivity index (χ1v) is 48.0. The zero-order valence-corrected chi connectivity index (χ0v) is 72.8. The van der Waals surface area contributed by atoms with E-state index in [9.17, 15) is 55.2 Å². The van der Waals surface area contributed by atoms with Gasteiger partial charge in [0, 0.05) is 177 Å². The van der Waals surface area contributed by atoms with Gasteiger partial charge in [-0.25, -0.2) is 26.3 Å². The normalized spacial score (nSPS) is 21.2. The zero-order chi connectivity index (χ0) is 85.6. The summed E-state index contributed by atoms with van der Waals surface area (Å²) in [6, 6.07) is 37.0. The lowest BCUT2D eigenvalue weighted by Crippen LogP contribution is -2.53. The quantitative estimate of drug-likeness (QED) is 0.0188. The molecule has 14 rings (SSSR count). The summed E-state index contributed by atoms with van der Waals surface area (Å²) >= 11 is 0. The summed E-state index contributed by atoms with van der Waals surface area (Å²) in [6.45, 7) is 1.01. The minimum absolute atomic E-state index is 0.178. The second-order valence-electron chi connectivity index (χ2n) is 33.3. The number of rotatable bonds is 25. The van der Waals surface area contributed by atoms with Gasteiger partial charge in [-0.15, -0.1) is 0 Å². The molecule has 8 amide bonds. The van der Waals surface area contributed by atoms with Crippen LogP contribution in [0.5, 0.6) is 11.5 Å². The number of nitrogens with zero attached hydrogens (tertiary/aromatic N) is 2. The average molecular weight is 1740 g/mol. The summed E-state index contributed by atoms with van der Waals surface area (Å²) in [5.41, 5.74) is 3.31. The third-order valence-electron chi connectivity index (χ3n) is 24.1. The molecule has 4 fully saturated rings. The maximum atomic E-state index is 14.9. The highest BCUT2D eigenvalue weighted by Gasteiger charge is 2.36. The fourth-order valence-electron chi connectivity index (χ4n) is 17.6. The Balaban J connectivity index is 0.636. The molecular formula is C92H110N12O14S4. The number of hydrogen-bond acceptors (Lipinski definition) is 18. The van der Waals surface area contributed by atoms with Gasteiger partial charge in [-0.1, -0.05) is 147 Å². The summed E-state index contributed by atoms with van der Waals surface area (Å²) in [7, 11) is 2.52. The molecule has 646 valence electrons. The van der Waals surface area contributed by atoms with Crippen molar-refractivity contribution < 1.29 is 64.7 Å². The van der Waals surface area contributed by atoms with E-state index in [0.717, 1.165) is 86.4 Å². The molecule has 2 heterocycles. The minimum atomic E-state index is -3.80. The first-order chi connectivity index (χ1) is 58.9. The molecule has 8 atom stereocenters. The lowest BCUT2D eigenvalue weighted by Gasteiger charge is -2.34. The van der Waals surface area contributed by atoms with Crippen LogP contribution in [-0.4, -0.2) is 167 Å². The third kappa shape index (κ3) is 22.0. The van der Waals surface area contributed by atoms with Crippen molar-refractivity contribution >= 4 is 122 Å². The number of ether oxygens (including phenoxy) is 2. The Morgan fingerprint density at radius 1 is 0.311 bits per heavy atom. The summed E-state index contributed by atoms with van der Waals surface area (Å²) in [4.78, 5) is 123. The molecule has 4 saturated carbocycles. The number of sulfonamides is 2. The van der Waals surface area contributed by atoms with Crippen molar-refractivity contribution in [1.82, 2.24) is 52.0 Å². The first-order valence-electron chi connectivity index (χ1n) is 42.9. The van der Waals surface area contributed by atoms with E-state index < -0.39 is 116 Å². The Bertz CT molecular complexity index is 4970. The average Bonchev–Trinajstić information content (AvgIpc) is 0.778. The predicted molar refractivity (Wildman–Crippen MR) is 476 cm³/mol. The lowest BCUT2D eigenvalue weighted by atomic mass is 9.89. The Hall–Kier alpha value is -10.2. The van der Waals surface area contributed by atoms with Gasteiger partial charge < -0.3 is 61.8 Å². The van der Waals surface area contributed by atoms with E-state index in [1.807, 2.05) is 86.5 Å². The van der Waals surface area contributed by atoms with Gasteiger partial charge >= 0.3 is 0 Å². The van der Waals surface area contributed by atoms with Crippen molar-refractivity contribution in [3.63, 3.8) is 0 Å². The van der Waals surface area contributed by atoms with Crippen LogP contribution in [0.1, 0.15) is 237 Å². The summed E-state index contributed by atoms with van der Waals surface area (Å²) < 4.78 is 72.5. The van der Waals surface area contributed by atoms with Crippen LogP contribution in [-0.2, 0) is 20.0 Å². The van der Waals surface area contributed by atoms with Gasteiger partial charge in [0.25, 0.3) is 47.3 Å². The molecule has 122 heavy (non-hydrogen) atoms. The molecule has 8 aromatic carbocycles. The largest absolute Gasteiger partial charge is 0.494 e. The van der Waals surface area contributed by atoms with Crippen LogP contribution in [0.3, 0.4) is 0 Å². The Morgan fingerprint density at radius 3 is 0.811 bits per heavy atom. The minimum Gasteiger partial charge on any atom is -0.494 e. The molecule has 30 heteroatoms. The highest BCUT2D eigenvalue weighted by atomic mass is 33.1. The van der Waals surface area contributed by atoms with Crippen molar-refractivity contribution in [3.8, 4) is 11.5 Å². The topological polar surface area (TPSA) is 350 Å². The maximum Gasteiger partial charge on any atom is 0.251 e. The number of fused-ring (bicyclic) bond motifs is 14. The number of nitrogens with one attached hydrogen (secondary N) is 10. The molecule has 2 aliphatic heterocycles. The zero-order valence-electron chi connectivity index (χ0n) is 69.5. The highest BCUT2D eigenvalue weighted by molar-refractivity contribution is 8.76. The summed E-state index contributed by atoms with van der Waals surface area (Å²) in [5, 5.41) is 28.5. The second-order valence-corrected chi connectivity index (χ2v) is 39.0. The van der Waals surface area contributed by atoms with Gasteiger partial charge in [0.2, 0.25) is 20.0 Å². The SMILES string of the molecule is CN(C)c1cccc2c(S(=O)(=O)NCCCCCCOc3cc4cc(c3)C(=O)N[C@@H]3CCCC[C@H]3NC(=O)c3cc(SSc5cc6cc(c5)C(=O)N[C@@H]5CCCC[C@H]5NC(=O)c5cc(OCCCCCCNS(=O)(=O)c7cccc8c(N(C)C)cccc78)cc(c5)C(=O)N[C@@H]5CCCC[C@H]5NC6=O)cc(c3)C(=O)N[C@@H]3CCCC[C@H]3NC4=O)cccc12. The molecular weight excluding hydrogens is 1630 g/mol.